The van der Waals surface area contributed by atoms with Gasteiger partial charge in [0.25, 0.3) is 0 Å². The first-order chi connectivity index (χ1) is 9.91. The summed E-state index contributed by atoms with van der Waals surface area (Å²) >= 11 is 0. The Labute approximate surface area is 125 Å². The van der Waals surface area contributed by atoms with Gasteiger partial charge in [0.05, 0.1) is 12.3 Å². The lowest BCUT2D eigenvalue weighted by Gasteiger charge is -2.26. The summed E-state index contributed by atoms with van der Waals surface area (Å²) in [6.07, 6.45) is 1.69. The van der Waals surface area contributed by atoms with Crippen LogP contribution in [0.2, 0.25) is 0 Å². The van der Waals surface area contributed by atoms with Crippen LogP contribution in [-0.4, -0.2) is 33.4 Å². The average Bonchev–Trinajstić information content (AvgIpc) is 2.78. The molecule has 1 aromatic heterocycles. The number of carboxylic acids is 1. The molecule has 1 heterocycles. The molecule has 0 fully saturated rings. The zero-order chi connectivity index (χ0) is 16.0. The maximum Gasteiger partial charge on any atom is 0.323 e. The number of esters is 1. The molecule has 1 atom stereocenters. The lowest BCUT2D eigenvalue weighted by atomic mass is 9.79. The molecule has 0 aliphatic carbocycles. The topological polar surface area (TPSA) is 81.4 Å². The Kier molecular flexibility index (Phi) is 5.93. The number of carboxylic acid groups (broad SMARTS) is 1. The molecule has 0 radical (unpaired) electrons. The van der Waals surface area contributed by atoms with Crippen molar-refractivity contribution in [1.29, 1.82) is 0 Å². The number of aryl methyl sites for hydroxylation is 2. The fourth-order valence-electron chi connectivity index (χ4n) is 2.45. The average molecular weight is 296 g/mol. The molecule has 21 heavy (non-hydrogen) atoms. The quantitative estimate of drug-likeness (QED) is 0.586. The van der Waals surface area contributed by atoms with Gasteiger partial charge in [0.2, 0.25) is 0 Å². The SMILES string of the molecule is CCCC(Cc1cc(CC)nn1C)(C(=O)O)C(=O)OCC. The molecule has 1 aromatic rings. The number of rotatable bonds is 8. The van der Waals surface area contributed by atoms with Gasteiger partial charge in [0.15, 0.2) is 5.41 Å². The van der Waals surface area contributed by atoms with E-state index in [1.807, 2.05) is 19.9 Å². The van der Waals surface area contributed by atoms with E-state index in [-0.39, 0.29) is 19.4 Å². The molecule has 0 aromatic carbocycles. The van der Waals surface area contributed by atoms with Gasteiger partial charge in [0, 0.05) is 19.2 Å². The fraction of sp³-hybridized carbons (Fsp3) is 0.667. The molecule has 1 unspecified atom stereocenters. The van der Waals surface area contributed by atoms with Gasteiger partial charge in [-0.1, -0.05) is 20.3 Å². The maximum absolute atomic E-state index is 12.3. The summed E-state index contributed by atoms with van der Waals surface area (Å²) in [4.78, 5) is 24.0. The first-order valence-corrected chi connectivity index (χ1v) is 7.33. The minimum absolute atomic E-state index is 0.0957. The molecule has 1 N–H and O–H groups in total. The van der Waals surface area contributed by atoms with Crippen LogP contribution in [0.3, 0.4) is 0 Å². The summed E-state index contributed by atoms with van der Waals surface area (Å²) in [6, 6.07) is 1.85. The zero-order valence-electron chi connectivity index (χ0n) is 13.2. The Morgan fingerprint density at radius 1 is 1.38 bits per heavy atom. The third-order valence-electron chi connectivity index (χ3n) is 3.62. The van der Waals surface area contributed by atoms with Crippen LogP contribution in [0.15, 0.2) is 6.07 Å². The number of carbonyl (C=O) groups is 2. The van der Waals surface area contributed by atoms with Gasteiger partial charge in [-0.25, -0.2) is 0 Å². The van der Waals surface area contributed by atoms with Crippen LogP contribution in [0.25, 0.3) is 0 Å². The highest BCUT2D eigenvalue weighted by Crippen LogP contribution is 2.31. The highest BCUT2D eigenvalue weighted by atomic mass is 16.5. The van der Waals surface area contributed by atoms with Gasteiger partial charge >= 0.3 is 11.9 Å². The van der Waals surface area contributed by atoms with Crippen molar-refractivity contribution >= 4 is 11.9 Å². The van der Waals surface area contributed by atoms with E-state index >= 15 is 0 Å². The van der Waals surface area contributed by atoms with Gasteiger partial charge in [-0.15, -0.1) is 0 Å². The van der Waals surface area contributed by atoms with Crippen molar-refractivity contribution in [3.63, 3.8) is 0 Å². The smallest absolute Gasteiger partial charge is 0.323 e. The third-order valence-corrected chi connectivity index (χ3v) is 3.62. The second kappa shape index (κ2) is 7.24. The van der Waals surface area contributed by atoms with Crippen molar-refractivity contribution in [2.24, 2.45) is 12.5 Å². The Balaban J connectivity index is 3.19. The Bertz CT molecular complexity index is 510. The monoisotopic (exact) mass is 296 g/mol. The lowest BCUT2D eigenvalue weighted by molar-refractivity contribution is -0.169. The Morgan fingerprint density at radius 3 is 2.48 bits per heavy atom. The first-order valence-electron chi connectivity index (χ1n) is 7.33. The standard InChI is InChI=1S/C15H24N2O4/c1-5-8-15(13(18)19,14(20)21-7-3)10-12-9-11(6-2)16-17(12)4/h9H,5-8,10H2,1-4H3,(H,18,19). The number of hydrogen-bond donors (Lipinski definition) is 1. The number of aromatic nitrogens is 2. The molecule has 0 spiro atoms. The predicted molar refractivity (Wildman–Crippen MR) is 77.9 cm³/mol. The molecule has 0 aliphatic heterocycles. The number of nitrogens with zero attached hydrogens (tertiary/aromatic N) is 2. The summed E-state index contributed by atoms with van der Waals surface area (Å²) in [7, 11) is 1.76. The van der Waals surface area contributed by atoms with E-state index < -0.39 is 17.4 Å². The largest absolute Gasteiger partial charge is 0.480 e. The molecule has 0 amide bonds. The number of ether oxygens (including phenoxy) is 1. The van der Waals surface area contributed by atoms with Crippen LogP contribution in [0.5, 0.6) is 0 Å². The lowest BCUT2D eigenvalue weighted by Crippen LogP contribution is -2.43. The van der Waals surface area contributed by atoms with Gasteiger partial charge < -0.3 is 9.84 Å². The van der Waals surface area contributed by atoms with Crippen molar-refractivity contribution in [3.05, 3.63) is 17.5 Å². The summed E-state index contributed by atoms with van der Waals surface area (Å²) in [5, 5.41) is 13.9. The highest BCUT2D eigenvalue weighted by molar-refractivity contribution is 5.99. The Hall–Kier alpha value is -1.85. The molecule has 0 aliphatic rings. The van der Waals surface area contributed by atoms with Crippen LogP contribution >= 0.6 is 0 Å². The van der Waals surface area contributed by atoms with Crippen LogP contribution in [0.1, 0.15) is 45.0 Å². The molecule has 1 rings (SSSR count). The van der Waals surface area contributed by atoms with E-state index in [9.17, 15) is 14.7 Å². The van der Waals surface area contributed by atoms with Gasteiger partial charge in [-0.05, 0) is 25.8 Å². The van der Waals surface area contributed by atoms with Crippen molar-refractivity contribution in [2.45, 2.75) is 46.5 Å². The first kappa shape index (κ1) is 17.2. The maximum atomic E-state index is 12.3. The second-order valence-corrected chi connectivity index (χ2v) is 5.14. The highest BCUT2D eigenvalue weighted by Gasteiger charge is 2.47. The predicted octanol–water partition coefficient (Wildman–Crippen LogP) is 1.96. The van der Waals surface area contributed by atoms with Crippen molar-refractivity contribution < 1.29 is 19.4 Å². The normalized spacial score (nSPS) is 13.7. The van der Waals surface area contributed by atoms with Gasteiger partial charge in [0.1, 0.15) is 0 Å². The van der Waals surface area contributed by atoms with E-state index in [1.54, 1.807) is 18.7 Å². The molecule has 6 heteroatoms. The third kappa shape index (κ3) is 3.62. The van der Waals surface area contributed by atoms with E-state index in [1.165, 1.54) is 0 Å². The van der Waals surface area contributed by atoms with Crippen LogP contribution in [-0.2, 0) is 34.2 Å². The summed E-state index contributed by atoms with van der Waals surface area (Å²) in [6.45, 7) is 5.68. The van der Waals surface area contributed by atoms with Gasteiger partial charge in [-0.3, -0.25) is 14.3 Å². The summed E-state index contributed by atoms with van der Waals surface area (Å²) < 4.78 is 6.66. The van der Waals surface area contributed by atoms with Gasteiger partial charge in [-0.2, -0.15) is 5.10 Å². The van der Waals surface area contributed by atoms with Crippen LogP contribution in [0, 0.1) is 5.41 Å². The van der Waals surface area contributed by atoms with Crippen LogP contribution < -0.4 is 0 Å². The number of aliphatic carboxylic acids is 1. The molecule has 118 valence electrons. The van der Waals surface area contributed by atoms with E-state index in [4.69, 9.17) is 4.74 Å². The van der Waals surface area contributed by atoms with E-state index in [0.29, 0.717) is 6.42 Å². The summed E-state index contributed by atoms with van der Waals surface area (Å²) in [5.41, 5.74) is 0.0757. The van der Waals surface area contributed by atoms with E-state index in [0.717, 1.165) is 17.8 Å². The number of carbonyl (C=O) groups excluding carboxylic acids is 1. The molecule has 0 bridgehead atoms. The van der Waals surface area contributed by atoms with Crippen molar-refractivity contribution in [3.8, 4) is 0 Å². The van der Waals surface area contributed by atoms with E-state index in [2.05, 4.69) is 5.10 Å². The molecular weight excluding hydrogens is 272 g/mol. The number of hydrogen-bond acceptors (Lipinski definition) is 4. The fourth-order valence-corrected chi connectivity index (χ4v) is 2.45. The summed E-state index contributed by atoms with van der Waals surface area (Å²) in [5.74, 6) is -1.80. The van der Waals surface area contributed by atoms with Crippen LogP contribution in [0.4, 0.5) is 0 Å². The Morgan fingerprint density at radius 2 is 2.05 bits per heavy atom. The minimum Gasteiger partial charge on any atom is -0.480 e. The molecule has 0 saturated heterocycles. The molecule has 6 nitrogen and oxygen atoms in total. The molecular formula is C15H24N2O4. The molecule has 0 saturated carbocycles. The second-order valence-electron chi connectivity index (χ2n) is 5.14. The van der Waals surface area contributed by atoms with Crippen molar-refractivity contribution in [1.82, 2.24) is 9.78 Å². The minimum atomic E-state index is -1.54. The van der Waals surface area contributed by atoms with Crippen molar-refractivity contribution in [2.75, 3.05) is 6.61 Å². The zero-order valence-corrected chi connectivity index (χ0v) is 13.2.